The number of pyridine rings is 1. The Hall–Kier alpha value is -2.69. The number of nitrogen functional groups attached to an aromatic ring is 1. The number of aryl methyl sites for hydroxylation is 1. The predicted molar refractivity (Wildman–Crippen MR) is 74.6 cm³/mol. The molecule has 2 aromatic heterocycles. The summed E-state index contributed by atoms with van der Waals surface area (Å²) < 4.78 is 1.45. The fourth-order valence-electron chi connectivity index (χ4n) is 2.11. The first-order valence-electron chi connectivity index (χ1n) is 5.84. The fraction of sp³-hybridized carbons (Fsp3) is 0.0714. The van der Waals surface area contributed by atoms with Crippen molar-refractivity contribution in [1.29, 1.82) is 0 Å². The Bertz CT molecular complexity index is 792. The number of fused-ring (bicyclic) bond motifs is 1. The molecule has 0 saturated carbocycles. The van der Waals surface area contributed by atoms with Crippen LogP contribution < -0.4 is 11.3 Å². The van der Waals surface area contributed by atoms with Crippen molar-refractivity contribution in [2.24, 2.45) is 7.05 Å². The van der Waals surface area contributed by atoms with Gasteiger partial charge in [-0.15, -0.1) is 5.10 Å². The average Bonchev–Trinajstić information content (AvgIpc) is 2.43. The van der Waals surface area contributed by atoms with Crippen LogP contribution in [0.15, 0.2) is 47.5 Å². The monoisotopic (exact) mass is 252 g/mol. The van der Waals surface area contributed by atoms with Crippen LogP contribution in [0.3, 0.4) is 0 Å². The molecule has 5 heteroatoms. The standard InChI is InChI=1S/C14H12N4O/c1-18-8-10(6-12(15)14(18)19)13-11-5-3-2-4-9(11)7-16-17-13/h2-8H,15H2,1H3. The van der Waals surface area contributed by atoms with Gasteiger partial charge in [-0.25, -0.2) is 0 Å². The molecule has 0 spiro atoms. The molecule has 0 unspecified atom stereocenters. The Morgan fingerprint density at radius 1 is 1.26 bits per heavy atom. The van der Waals surface area contributed by atoms with Crippen LogP contribution in [0.2, 0.25) is 0 Å². The Morgan fingerprint density at radius 3 is 2.84 bits per heavy atom. The molecule has 2 heterocycles. The Labute approximate surface area is 109 Å². The molecule has 0 amide bonds. The summed E-state index contributed by atoms with van der Waals surface area (Å²) in [5.74, 6) is 0. The molecule has 0 aliphatic carbocycles. The molecule has 0 fully saturated rings. The molecule has 94 valence electrons. The topological polar surface area (TPSA) is 73.8 Å². The van der Waals surface area contributed by atoms with E-state index in [1.165, 1.54) is 4.57 Å². The quantitative estimate of drug-likeness (QED) is 0.713. The van der Waals surface area contributed by atoms with Gasteiger partial charge in [-0.3, -0.25) is 4.79 Å². The molecule has 2 N–H and O–H groups in total. The Morgan fingerprint density at radius 2 is 2.05 bits per heavy atom. The second kappa shape index (κ2) is 4.20. The van der Waals surface area contributed by atoms with Crippen molar-refractivity contribution in [2.45, 2.75) is 0 Å². The third-order valence-electron chi connectivity index (χ3n) is 3.05. The minimum Gasteiger partial charge on any atom is -0.394 e. The molecular formula is C14H12N4O. The highest BCUT2D eigenvalue weighted by Crippen LogP contribution is 2.25. The van der Waals surface area contributed by atoms with Gasteiger partial charge in [-0.2, -0.15) is 5.10 Å². The molecule has 3 rings (SSSR count). The van der Waals surface area contributed by atoms with Crippen LogP contribution in [0.4, 0.5) is 5.69 Å². The van der Waals surface area contributed by atoms with Crippen molar-refractivity contribution < 1.29 is 0 Å². The second-order valence-corrected chi connectivity index (χ2v) is 4.38. The van der Waals surface area contributed by atoms with Crippen LogP contribution in [-0.4, -0.2) is 14.8 Å². The van der Waals surface area contributed by atoms with Gasteiger partial charge in [0, 0.05) is 29.6 Å². The summed E-state index contributed by atoms with van der Waals surface area (Å²) >= 11 is 0. The van der Waals surface area contributed by atoms with Gasteiger partial charge in [0.15, 0.2) is 0 Å². The zero-order chi connectivity index (χ0) is 13.4. The van der Waals surface area contributed by atoms with Gasteiger partial charge in [0.05, 0.1) is 11.9 Å². The highest BCUT2D eigenvalue weighted by Gasteiger charge is 2.09. The molecule has 0 atom stereocenters. The lowest BCUT2D eigenvalue weighted by atomic mass is 10.1. The minimum absolute atomic E-state index is 0.203. The normalized spacial score (nSPS) is 10.8. The maximum Gasteiger partial charge on any atom is 0.273 e. The third kappa shape index (κ3) is 1.85. The van der Waals surface area contributed by atoms with E-state index in [1.54, 1.807) is 25.5 Å². The number of nitrogens with two attached hydrogens (primary N) is 1. The SMILES string of the molecule is Cn1cc(-c2nncc3ccccc23)cc(N)c1=O. The van der Waals surface area contributed by atoms with Crippen LogP contribution in [0.1, 0.15) is 0 Å². The maximum atomic E-state index is 11.6. The lowest BCUT2D eigenvalue weighted by Crippen LogP contribution is -2.19. The van der Waals surface area contributed by atoms with Gasteiger partial charge in [-0.05, 0) is 6.07 Å². The van der Waals surface area contributed by atoms with E-state index in [0.717, 1.165) is 22.0 Å². The first-order chi connectivity index (χ1) is 9.16. The van der Waals surface area contributed by atoms with E-state index in [4.69, 9.17) is 5.73 Å². The average molecular weight is 252 g/mol. The minimum atomic E-state index is -0.211. The molecule has 19 heavy (non-hydrogen) atoms. The molecule has 0 aliphatic heterocycles. The molecule has 1 aromatic carbocycles. The van der Waals surface area contributed by atoms with E-state index in [-0.39, 0.29) is 11.2 Å². The molecule has 0 radical (unpaired) electrons. The number of anilines is 1. The molecule has 5 nitrogen and oxygen atoms in total. The molecule has 0 saturated heterocycles. The molecule has 0 bridgehead atoms. The summed E-state index contributed by atoms with van der Waals surface area (Å²) in [5.41, 5.74) is 7.22. The smallest absolute Gasteiger partial charge is 0.273 e. The number of nitrogens with zero attached hydrogens (tertiary/aromatic N) is 3. The Kier molecular flexibility index (Phi) is 2.52. The lowest BCUT2D eigenvalue weighted by Gasteiger charge is -2.07. The highest BCUT2D eigenvalue weighted by molar-refractivity contribution is 5.93. The highest BCUT2D eigenvalue weighted by atomic mass is 16.1. The third-order valence-corrected chi connectivity index (χ3v) is 3.05. The van der Waals surface area contributed by atoms with Crippen LogP contribution in [0.25, 0.3) is 22.0 Å². The number of hydrogen-bond acceptors (Lipinski definition) is 4. The second-order valence-electron chi connectivity index (χ2n) is 4.38. The van der Waals surface area contributed by atoms with E-state index < -0.39 is 0 Å². The summed E-state index contributed by atoms with van der Waals surface area (Å²) in [6, 6.07) is 9.47. The zero-order valence-corrected chi connectivity index (χ0v) is 10.4. The molecular weight excluding hydrogens is 240 g/mol. The van der Waals surface area contributed by atoms with E-state index in [1.807, 2.05) is 24.3 Å². The van der Waals surface area contributed by atoms with Gasteiger partial charge in [-0.1, -0.05) is 24.3 Å². The van der Waals surface area contributed by atoms with Gasteiger partial charge in [0.25, 0.3) is 5.56 Å². The van der Waals surface area contributed by atoms with E-state index in [0.29, 0.717) is 0 Å². The van der Waals surface area contributed by atoms with Crippen LogP contribution in [-0.2, 0) is 7.05 Å². The number of rotatable bonds is 1. The van der Waals surface area contributed by atoms with E-state index in [9.17, 15) is 4.79 Å². The summed E-state index contributed by atoms with van der Waals surface area (Å²) in [4.78, 5) is 11.6. The lowest BCUT2D eigenvalue weighted by molar-refractivity contribution is 0.864. The van der Waals surface area contributed by atoms with Crippen molar-refractivity contribution in [3.05, 3.63) is 53.1 Å². The fourth-order valence-corrected chi connectivity index (χ4v) is 2.11. The van der Waals surface area contributed by atoms with E-state index in [2.05, 4.69) is 10.2 Å². The first kappa shape index (κ1) is 11.4. The Balaban J connectivity index is 2.34. The van der Waals surface area contributed by atoms with Gasteiger partial charge < -0.3 is 10.3 Å². The predicted octanol–water partition coefficient (Wildman–Crippen LogP) is 1.58. The summed E-state index contributed by atoms with van der Waals surface area (Å²) in [7, 11) is 1.67. The van der Waals surface area contributed by atoms with Crippen molar-refractivity contribution in [3.63, 3.8) is 0 Å². The van der Waals surface area contributed by atoms with Crippen LogP contribution >= 0.6 is 0 Å². The van der Waals surface area contributed by atoms with Gasteiger partial charge in [0.2, 0.25) is 0 Å². The molecule has 0 aliphatic rings. The first-order valence-corrected chi connectivity index (χ1v) is 5.84. The summed E-state index contributed by atoms with van der Waals surface area (Å²) in [6.45, 7) is 0. The largest absolute Gasteiger partial charge is 0.394 e. The maximum absolute atomic E-state index is 11.6. The number of hydrogen-bond donors (Lipinski definition) is 1. The van der Waals surface area contributed by atoms with Crippen LogP contribution in [0.5, 0.6) is 0 Å². The number of aromatic nitrogens is 3. The van der Waals surface area contributed by atoms with E-state index >= 15 is 0 Å². The van der Waals surface area contributed by atoms with Crippen molar-refractivity contribution in [1.82, 2.24) is 14.8 Å². The van der Waals surface area contributed by atoms with Gasteiger partial charge >= 0.3 is 0 Å². The van der Waals surface area contributed by atoms with Gasteiger partial charge in [0.1, 0.15) is 5.69 Å². The van der Waals surface area contributed by atoms with Crippen molar-refractivity contribution >= 4 is 16.5 Å². The summed E-state index contributed by atoms with van der Waals surface area (Å²) in [5, 5.41) is 10.1. The number of benzene rings is 1. The van der Waals surface area contributed by atoms with Crippen molar-refractivity contribution in [3.8, 4) is 11.3 Å². The summed E-state index contributed by atoms with van der Waals surface area (Å²) in [6.07, 6.45) is 3.43. The zero-order valence-electron chi connectivity index (χ0n) is 10.4. The van der Waals surface area contributed by atoms with Crippen LogP contribution in [0, 0.1) is 0 Å². The molecule has 3 aromatic rings. The van der Waals surface area contributed by atoms with Crippen molar-refractivity contribution in [2.75, 3.05) is 5.73 Å².